The van der Waals surface area contributed by atoms with Crippen LogP contribution in [0.25, 0.3) is 0 Å². The van der Waals surface area contributed by atoms with Crippen LogP contribution in [0.5, 0.6) is 0 Å². The van der Waals surface area contributed by atoms with Crippen molar-refractivity contribution in [2.75, 3.05) is 0 Å². The third-order valence-electron chi connectivity index (χ3n) is 1.33. The summed E-state index contributed by atoms with van der Waals surface area (Å²) >= 11 is 11.5. The monoisotopic (exact) mass is 190 g/mol. The lowest BCUT2D eigenvalue weighted by Crippen LogP contribution is -1.95. The fraction of sp³-hybridized carbons (Fsp3) is 0.429. The average molecular weight is 191 g/mol. The third-order valence-corrected chi connectivity index (χ3v) is 2.09. The van der Waals surface area contributed by atoms with Gasteiger partial charge >= 0.3 is 0 Å². The SMILES string of the molecule is CCc1nc(C)nc(Cl)c1Cl. The largest absolute Gasteiger partial charge is 0.237 e. The molecule has 0 radical (unpaired) electrons. The molecule has 11 heavy (non-hydrogen) atoms. The van der Waals surface area contributed by atoms with Crippen LogP contribution in [-0.4, -0.2) is 9.97 Å². The van der Waals surface area contributed by atoms with Gasteiger partial charge in [0.1, 0.15) is 5.82 Å². The Bertz CT molecular complexity index is 273. The molecule has 0 bridgehead atoms. The Morgan fingerprint density at radius 2 is 1.91 bits per heavy atom. The molecule has 1 aromatic rings. The van der Waals surface area contributed by atoms with Gasteiger partial charge < -0.3 is 0 Å². The Labute approximate surface area is 75.6 Å². The summed E-state index contributed by atoms with van der Waals surface area (Å²) < 4.78 is 0. The summed E-state index contributed by atoms with van der Waals surface area (Å²) in [7, 11) is 0. The van der Waals surface area contributed by atoms with Crippen molar-refractivity contribution in [3.05, 3.63) is 21.7 Å². The number of aryl methyl sites for hydroxylation is 2. The van der Waals surface area contributed by atoms with E-state index in [1.807, 2.05) is 6.92 Å². The van der Waals surface area contributed by atoms with Crippen molar-refractivity contribution in [1.29, 1.82) is 0 Å². The van der Waals surface area contributed by atoms with Crippen LogP contribution in [0, 0.1) is 6.92 Å². The van der Waals surface area contributed by atoms with Crippen molar-refractivity contribution < 1.29 is 0 Å². The molecule has 0 aliphatic carbocycles. The first kappa shape index (κ1) is 8.75. The molecule has 0 N–H and O–H groups in total. The molecule has 0 aliphatic heterocycles. The standard InChI is InChI=1S/C7H8Cl2N2/c1-3-5-6(8)7(9)11-4(2)10-5/h3H2,1-2H3. The number of aromatic nitrogens is 2. The summed E-state index contributed by atoms with van der Waals surface area (Å²) in [5, 5.41) is 0.816. The van der Waals surface area contributed by atoms with Crippen molar-refractivity contribution >= 4 is 23.2 Å². The van der Waals surface area contributed by atoms with E-state index in [1.54, 1.807) is 6.92 Å². The van der Waals surface area contributed by atoms with Gasteiger partial charge in [-0.25, -0.2) is 9.97 Å². The molecule has 1 rings (SSSR count). The molecule has 0 spiro atoms. The van der Waals surface area contributed by atoms with Crippen LogP contribution >= 0.6 is 23.2 Å². The third kappa shape index (κ3) is 1.82. The zero-order valence-electron chi connectivity index (χ0n) is 6.36. The Kier molecular flexibility index (Phi) is 2.68. The molecule has 0 saturated carbocycles. The second-order valence-electron chi connectivity index (χ2n) is 2.18. The Balaban J connectivity index is 3.24. The van der Waals surface area contributed by atoms with Gasteiger partial charge in [0.2, 0.25) is 0 Å². The fourth-order valence-corrected chi connectivity index (χ4v) is 1.26. The van der Waals surface area contributed by atoms with E-state index in [-0.39, 0.29) is 0 Å². The van der Waals surface area contributed by atoms with E-state index in [0.29, 0.717) is 16.0 Å². The highest BCUT2D eigenvalue weighted by molar-refractivity contribution is 6.41. The number of nitrogens with zero attached hydrogens (tertiary/aromatic N) is 2. The zero-order valence-corrected chi connectivity index (χ0v) is 7.87. The summed E-state index contributed by atoms with van der Waals surface area (Å²) in [6.07, 6.45) is 0.780. The van der Waals surface area contributed by atoms with Crippen LogP contribution in [0.2, 0.25) is 10.2 Å². The van der Waals surface area contributed by atoms with Crippen molar-refractivity contribution in [3.63, 3.8) is 0 Å². The minimum atomic E-state index is 0.344. The van der Waals surface area contributed by atoms with Crippen LogP contribution < -0.4 is 0 Å². The van der Waals surface area contributed by atoms with E-state index in [0.717, 1.165) is 12.1 Å². The normalized spacial score (nSPS) is 10.2. The van der Waals surface area contributed by atoms with Gasteiger partial charge in [0.15, 0.2) is 5.15 Å². The average Bonchev–Trinajstić information content (AvgIpc) is 1.96. The van der Waals surface area contributed by atoms with Crippen LogP contribution in [0.3, 0.4) is 0 Å². The van der Waals surface area contributed by atoms with Crippen LogP contribution in [-0.2, 0) is 6.42 Å². The van der Waals surface area contributed by atoms with Gasteiger partial charge in [-0.1, -0.05) is 30.1 Å². The van der Waals surface area contributed by atoms with E-state index >= 15 is 0 Å². The Morgan fingerprint density at radius 3 is 2.45 bits per heavy atom. The molecule has 4 heteroatoms. The zero-order chi connectivity index (χ0) is 8.43. The highest BCUT2D eigenvalue weighted by Gasteiger charge is 2.06. The van der Waals surface area contributed by atoms with E-state index in [1.165, 1.54) is 0 Å². The lowest BCUT2D eigenvalue weighted by atomic mass is 10.3. The molecule has 0 fully saturated rings. The molecule has 1 aromatic heterocycles. The minimum absolute atomic E-state index is 0.344. The predicted molar refractivity (Wildman–Crippen MR) is 46.2 cm³/mol. The maximum absolute atomic E-state index is 5.81. The fourth-order valence-electron chi connectivity index (χ4n) is 0.814. The van der Waals surface area contributed by atoms with Crippen LogP contribution in [0.1, 0.15) is 18.4 Å². The maximum atomic E-state index is 5.81. The van der Waals surface area contributed by atoms with E-state index in [4.69, 9.17) is 23.2 Å². The molecule has 0 saturated heterocycles. The number of halogens is 2. The number of hydrogen-bond donors (Lipinski definition) is 0. The van der Waals surface area contributed by atoms with Gasteiger partial charge in [-0.05, 0) is 13.3 Å². The first-order valence-corrected chi connectivity index (χ1v) is 4.09. The summed E-state index contributed by atoms with van der Waals surface area (Å²) in [5.74, 6) is 0.663. The van der Waals surface area contributed by atoms with Gasteiger partial charge in [-0.3, -0.25) is 0 Å². The van der Waals surface area contributed by atoms with Crippen LogP contribution in [0.4, 0.5) is 0 Å². The van der Waals surface area contributed by atoms with Crippen molar-refractivity contribution in [2.45, 2.75) is 20.3 Å². The summed E-state index contributed by atoms with van der Waals surface area (Å²) in [4.78, 5) is 8.03. The van der Waals surface area contributed by atoms with Gasteiger partial charge in [-0.2, -0.15) is 0 Å². The van der Waals surface area contributed by atoms with Gasteiger partial charge in [-0.15, -0.1) is 0 Å². The Morgan fingerprint density at radius 1 is 1.27 bits per heavy atom. The smallest absolute Gasteiger partial charge is 0.151 e. The molecule has 0 aliphatic rings. The number of rotatable bonds is 1. The minimum Gasteiger partial charge on any atom is -0.237 e. The molecule has 2 nitrogen and oxygen atoms in total. The van der Waals surface area contributed by atoms with Gasteiger partial charge in [0.25, 0.3) is 0 Å². The second-order valence-corrected chi connectivity index (χ2v) is 2.91. The van der Waals surface area contributed by atoms with Gasteiger partial charge in [0, 0.05) is 0 Å². The van der Waals surface area contributed by atoms with E-state index in [9.17, 15) is 0 Å². The number of hydrogen-bond acceptors (Lipinski definition) is 2. The second kappa shape index (κ2) is 3.37. The maximum Gasteiger partial charge on any atom is 0.151 e. The highest BCUT2D eigenvalue weighted by atomic mass is 35.5. The molecular weight excluding hydrogens is 183 g/mol. The summed E-state index contributed by atoms with van der Waals surface area (Å²) in [5.41, 5.74) is 0.809. The quantitative estimate of drug-likeness (QED) is 0.637. The predicted octanol–water partition coefficient (Wildman–Crippen LogP) is 2.65. The van der Waals surface area contributed by atoms with Gasteiger partial charge in [0.05, 0.1) is 10.7 Å². The van der Waals surface area contributed by atoms with E-state index in [2.05, 4.69) is 9.97 Å². The Hall–Kier alpha value is -0.340. The topological polar surface area (TPSA) is 25.8 Å². The van der Waals surface area contributed by atoms with E-state index < -0.39 is 0 Å². The van der Waals surface area contributed by atoms with Crippen molar-refractivity contribution in [2.24, 2.45) is 0 Å². The molecule has 60 valence electrons. The molecule has 0 aromatic carbocycles. The van der Waals surface area contributed by atoms with Crippen molar-refractivity contribution in [3.8, 4) is 0 Å². The summed E-state index contributed by atoms with van der Waals surface area (Å²) in [6, 6.07) is 0. The first-order valence-electron chi connectivity index (χ1n) is 3.33. The lowest BCUT2D eigenvalue weighted by Gasteiger charge is -2.01. The molecule has 1 heterocycles. The summed E-state index contributed by atoms with van der Waals surface area (Å²) in [6.45, 7) is 3.77. The molecule has 0 unspecified atom stereocenters. The molecular formula is C7H8Cl2N2. The molecule has 0 atom stereocenters. The first-order chi connectivity index (χ1) is 5.15. The van der Waals surface area contributed by atoms with Crippen LogP contribution in [0.15, 0.2) is 0 Å². The lowest BCUT2D eigenvalue weighted by molar-refractivity contribution is 0.950. The molecule has 0 amide bonds. The highest BCUT2D eigenvalue weighted by Crippen LogP contribution is 2.22. The van der Waals surface area contributed by atoms with Crippen molar-refractivity contribution in [1.82, 2.24) is 9.97 Å².